The second-order valence-electron chi connectivity index (χ2n) is 6.28. The third-order valence-electron chi connectivity index (χ3n) is 4.24. The molecule has 6 heteroatoms. The minimum absolute atomic E-state index is 0.0448. The summed E-state index contributed by atoms with van der Waals surface area (Å²) in [6, 6.07) is 10.0. The number of aromatic nitrogens is 3. The van der Waals surface area contributed by atoms with Gasteiger partial charge in [0, 0.05) is 18.9 Å². The van der Waals surface area contributed by atoms with Gasteiger partial charge in [-0.15, -0.1) is 11.3 Å². The average molecular weight is 369 g/mol. The Hall–Kier alpha value is -2.47. The molecule has 1 N–H and O–H groups in total. The maximum atomic E-state index is 12.6. The van der Waals surface area contributed by atoms with Gasteiger partial charge in [-0.2, -0.15) is 5.10 Å². The zero-order valence-corrected chi connectivity index (χ0v) is 16.1. The highest BCUT2D eigenvalue weighted by molar-refractivity contribution is 7.13. The number of nitrogens with one attached hydrogen (secondary N) is 1. The average Bonchev–Trinajstić information content (AvgIpc) is 3.28. The summed E-state index contributed by atoms with van der Waals surface area (Å²) in [5, 5.41) is 8.35. The topological polar surface area (TPSA) is 59.8 Å². The lowest BCUT2D eigenvalue weighted by Gasteiger charge is -2.10. The number of amides is 1. The van der Waals surface area contributed by atoms with Gasteiger partial charge in [-0.05, 0) is 37.0 Å². The van der Waals surface area contributed by atoms with Crippen LogP contribution in [0, 0.1) is 6.92 Å². The molecule has 2 aromatic heterocycles. The van der Waals surface area contributed by atoms with E-state index in [4.69, 9.17) is 0 Å². The van der Waals surface area contributed by atoms with Crippen molar-refractivity contribution in [2.75, 3.05) is 0 Å². The Bertz CT molecular complexity index is 855. The van der Waals surface area contributed by atoms with Crippen LogP contribution in [0.5, 0.6) is 0 Å². The van der Waals surface area contributed by atoms with Crippen LogP contribution in [0.25, 0.3) is 0 Å². The number of carbonyl (C=O) groups excluding carboxylic acids is 1. The van der Waals surface area contributed by atoms with Gasteiger partial charge in [0.2, 0.25) is 0 Å². The molecule has 0 aliphatic heterocycles. The first-order valence-electron chi connectivity index (χ1n) is 8.96. The fourth-order valence-corrected chi connectivity index (χ4v) is 3.83. The number of benzene rings is 1. The molecule has 0 unspecified atom stereocenters. The first-order valence-corrected chi connectivity index (χ1v) is 9.77. The summed E-state index contributed by atoms with van der Waals surface area (Å²) in [6.45, 7) is 5.26. The Kier molecular flexibility index (Phi) is 6.17. The number of hydrogen-bond donors (Lipinski definition) is 1. The summed E-state index contributed by atoms with van der Waals surface area (Å²) in [5.74, 6) is -0.0448. The van der Waals surface area contributed by atoms with Gasteiger partial charge in [-0.25, -0.2) is 4.98 Å². The van der Waals surface area contributed by atoms with Crippen LogP contribution in [0.1, 0.15) is 51.3 Å². The molecule has 0 aliphatic carbocycles. The zero-order valence-electron chi connectivity index (χ0n) is 15.2. The molecule has 1 amide bonds. The molecular weight excluding hydrogens is 344 g/mol. The highest BCUT2D eigenvalue weighted by Crippen LogP contribution is 2.20. The van der Waals surface area contributed by atoms with Gasteiger partial charge in [0.1, 0.15) is 4.88 Å². The minimum Gasteiger partial charge on any atom is -0.347 e. The maximum absolute atomic E-state index is 12.6. The van der Waals surface area contributed by atoms with E-state index in [1.807, 2.05) is 42.1 Å². The fraction of sp³-hybridized carbons (Fsp3) is 0.350. The molecule has 2 heterocycles. The molecule has 0 aliphatic rings. The molecule has 0 spiro atoms. The van der Waals surface area contributed by atoms with E-state index < -0.39 is 0 Å². The number of hydrogen-bond acceptors (Lipinski definition) is 4. The smallest absolute Gasteiger partial charge is 0.263 e. The van der Waals surface area contributed by atoms with E-state index in [0.717, 1.165) is 46.0 Å². The van der Waals surface area contributed by atoms with Gasteiger partial charge < -0.3 is 5.32 Å². The van der Waals surface area contributed by atoms with E-state index in [0.29, 0.717) is 13.1 Å². The highest BCUT2D eigenvalue weighted by Gasteiger charge is 2.15. The van der Waals surface area contributed by atoms with Crippen molar-refractivity contribution < 1.29 is 4.79 Å². The SMILES string of the molecule is CCCCc1nc(C)c(C(=O)NCc2ccccc2Cn2cccn2)s1. The Labute approximate surface area is 158 Å². The van der Waals surface area contributed by atoms with Crippen LogP contribution in [0.3, 0.4) is 0 Å². The number of nitrogens with zero attached hydrogens (tertiary/aromatic N) is 3. The molecule has 26 heavy (non-hydrogen) atoms. The van der Waals surface area contributed by atoms with E-state index >= 15 is 0 Å². The Morgan fingerprint density at radius 3 is 2.77 bits per heavy atom. The first-order chi connectivity index (χ1) is 12.7. The molecule has 1 aromatic carbocycles. The Morgan fingerprint density at radius 2 is 2.04 bits per heavy atom. The van der Waals surface area contributed by atoms with Crippen molar-refractivity contribution in [1.82, 2.24) is 20.1 Å². The summed E-state index contributed by atoms with van der Waals surface area (Å²) in [7, 11) is 0. The maximum Gasteiger partial charge on any atom is 0.263 e. The zero-order chi connectivity index (χ0) is 18.4. The third-order valence-corrected chi connectivity index (χ3v) is 5.46. The Balaban J connectivity index is 1.66. The van der Waals surface area contributed by atoms with Crippen LogP contribution in [0.4, 0.5) is 0 Å². The minimum atomic E-state index is -0.0448. The standard InChI is InChI=1S/C20H24N4OS/c1-3-4-10-18-23-15(2)19(26-18)20(25)21-13-16-8-5-6-9-17(16)14-24-12-7-11-22-24/h5-9,11-12H,3-4,10,13-14H2,1-2H3,(H,21,25). The predicted molar refractivity (Wildman–Crippen MR) is 104 cm³/mol. The van der Waals surface area contributed by atoms with E-state index in [-0.39, 0.29) is 5.91 Å². The van der Waals surface area contributed by atoms with Crippen LogP contribution in [-0.4, -0.2) is 20.7 Å². The van der Waals surface area contributed by atoms with Gasteiger partial charge in [0.25, 0.3) is 5.91 Å². The molecule has 0 fully saturated rings. The molecule has 3 aromatic rings. The first kappa shape index (κ1) is 18.3. The van der Waals surface area contributed by atoms with Crippen molar-refractivity contribution in [2.45, 2.75) is 46.2 Å². The highest BCUT2D eigenvalue weighted by atomic mass is 32.1. The second kappa shape index (κ2) is 8.76. The van der Waals surface area contributed by atoms with Crippen LogP contribution in [0.15, 0.2) is 42.7 Å². The lowest BCUT2D eigenvalue weighted by atomic mass is 10.1. The Morgan fingerprint density at radius 1 is 1.23 bits per heavy atom. The summed E-state index contributed by atoms with van der Waals surface area (Å²) >= 11 is 1.51. The lowest BCUT2D eigenvalue weighted by Crippen LogP contribution is -2.23. The summed E-state index contributed by atoms with van der Waals surface area (Å²) in [4.78, 5) is 17.9. The molecule has 0 radical (unpaired) electrons. The number of unbranched alkanes of at least 4 members (excludes halogenated alkanes) is 1. The van der Waals surface area contributed by atoms with Crippen molar-refractivity contribution in [3.05, 3.63) is 69.4 Å². The summed E-state index contributed by atoms with van der Waals surface area (Å²) in [6.07, 6.45) is 6.89. The summed E-state index contributed by atoms with van der Waals surface area (Å²) in [5.41, 5.74) is 3.08. The monoisotopic (exact) mass is 368 g/mol. The van der Waals surface area contributed by atoms with Crippen LogP contribution in [0.2, 0.25) is 0 Å². The molecule has 3 rings (SSSR count). The largest absolute Gasteiger partial charge is 0.347 e. The van der Waals surface area contributed by atoms with Crippen molar-refractivity contribution in [1.29, 1.82) is 0 Å². The second-order valence-corrected chi connectivity index (χ2v) is 7.36. The number of rotatable bonds is 8. The van der Waals surface area contributed by atoms with Crippen molar-refractivity contribution in [3.8, 4) is 0 Å². The normalized spacial score (nSPS) is 10.8. The number of aryl methyl sites for hydroxylation is 2. The van der Waals surface area contributed by atoms with Crippen LogP contribution in [-0.2, 0) is 19.5 Å². The summed E-state index contributed by atoms with van der Waals surface area (Å²) < 4.78 is 1.88. The van der Waals surface area contributed by atoms with E-state index in [9.17, 15) is 4.79 Å². The molecular formula is C20H24N4OS. The van der Waals surface area contributed by atoms with Crippen molar-refractivity contribution >= 4 is 17.2 Å². The lowest BCUT2D eigenvalue weighted by molar-refractivity contribution is 0.0954. The molecule has 5 nitrogen and oxygen atoms in total. The fourth-order valence-electron chi connectivity index (χ4n) is 2.81. The molecule has 0 saturated carbocycles. The van der Waals surface area contributed by atoms with Crippen molar-refractivity contribution in [2.24, 2.45) is 0 Å². The number of thiazole rings is 1. The molecule has 136 valence electrons. The molecule has 0 bridgehead atoms. The van der Waals surface area contributed by atoms with Crippen molar-refractivity contribution in [3.63, 3.8) is 0 Å². The predicted octanol–water partition coefficient (Wildman–Crippen LogP) is 3.97. The van der Waals surface area contributed by atoms with Gasteiger partial charge in [-0.1, -0.05) is 37.6 Å². The van der Waals surface area contributed by atoms with Crippen LogP contribution < -0.4 is 5.32 Å². The van der Waals surface area contributed by atoms with Crippen LogP contribution >= 0.6 is 11.3 Å². The third kappa shape index (κ3) is 4.58. The van der Waals surface area contributed by atoms with Gasteiger partial charge in [0.15, 0.2) is 0 Å². The van der Waals surface area contributed by atoms with E-state index in [1.165, 1.54) is 11.3 Å². The van der Waals surface area contributed by atoms with E-state index in [2.05, 4.69) is 28.4 Å². The molecule has 0 atom stereocenters. The van der Waals surface area contributed by atoms with Gasteiger partial charge in [-0.3, -0.25) is 9.48 Å². The van der Waals surface area contributed by atoms with E-state index in [1.54, 1.807) is 6.20 Å². The van der Waals surface area contributed by atoms with Gasteiger partial charge in [0.05, 0.1) is 17.2 Å². The van der Waals surface area contributed by atoms with Gasteiger partial charge >= 0.3 is 0 Å². The number of carbonyl (C=O) groups is 1. The molecule has 0 saturated heterocycles. The quantitative estimate of drug-likeness (QED) is 0.654.